The van der Waals surface area contributed by atoms with E-state index in [0.29, 0.717) is 19.8 Å². The van der Waals surface area contributed by atoms with E-state index >= 15 is 0 Å². The molecule has 0 saturated carbocycles. The van der Waals surface area contributed by atoms with Gasteiger partial charge in [-0.1, -0.05) is 54.1 Å². The Kier molecular flexibility index (Phi) is 5.40. The number of aromatic nitrogens is 2. The summed E-state index contributed by atoms with van der Waals surface area (Å²) in [6.45, 7) is 3.40. The van der Waals surface area contributed by atoms with Crippen LogP contribution in [-0.4, -0.2) is 27.2 Å². The summed E-state index contributed by atoms with van der Waals surface area (Å²) in [7, 11) is 0. The van der Waals surface area contributed by atoms with E-state index in [4.69, 9.17) is 4.74 Å². The first-order valence-electron chi connectivity index (χ1n) is 9.54. The number of benzene rings is 2. The lowest BCUT2D eigenvalue weighted by atomic mass is 10.1. The van der Waals surface area contributed by atoms with E-state index in [1.807, 2.05) is 61.5 Å². The standard InChI is InChI=1S/C24H22N2O3/c1-17-6-5-9-19(14-17)23-20-15-22(24(27)28)26(21(20)10-11-25-23)12-13-29-16-18-7-3-2-4-8-18/h2-11,14-15H,12-13,16H2,1H3,(H,27,28). The van der Waals surface area contributed by atoms with E-state index in [9.17, 15) is 9.90 Å². The molecule has 2 aromatic heterocycles. The molecule has 146 valence electrons. The van der Waals surface area contributed by atoms with Crippen molar-refractivity contribution in [2.45, 2.75) is 20.1 Å². The zero-order valence-electron chi connectivity index (χ0n) is 16.2. The molecular weight excluding hydrogens is 364 g/mol. The summed E-state index contributed by atoms with van der Waals surface area (Å²) >= 11 is 0. The highest BCUT2D eigenvalue weighted by Crippen LogP contribution is 2.30. The van der Waals surface area contributed by atoms with E-state index in [-0.39, 0.29) is 5.69 Å². The summed E-state index contributed by atoms with van der Waals surface area (Å²) in [6, 6.07) is 21.6. The number of nitrogens with zero attached hydrogens (tertiary/aromatic N) is 2. The first kappa shape index (κ1) is 18.9. The van der Waals surface area contributed by atoms with Crippen molar-refractivity contribution >= 4 is 16.9 Å². The molecule has 0 radical (unpaired) electrons. The third-order valence-corrected chi connectivity index (χ3v) is 4.91. The molecule has 2 aromatic carbocycles. The molecule has 0 bridgehead atoms. The van der Waals surface area contributed by atoms with Gasteiger partial charge in [0.25, 0.3) is 0 Å². The van der Waals surface area contributed by atoms with E-state index in [2.05, 4.69) is 11.1 Å². The number of aromatic carboxylic acids is 1. The normalized spacial score (nSPS) is 11.1. The van der Waals surface area contributed by atoms with Crippen LogP contribution in [0, 0.1) is 6.92 Å². The van der Waals surface area contributed by atoms with Gasteiger partial charge in [0.05, 0.1) is 24.4 Å². The lowest BCUT2D eigenvalue weighted by molar-refractivity contribution is 0.0679. The Morgan fingerprint density at radius 2 is 1.90 bits per heavy atom. The summed E-state index contributed by atoms with van der Waals surface area (Å²) in [5.41, 5.74) is 5.08. The van der Waals surface area contributed by atoms with Crippen LogP contribution in [0.3, 0.4) is 0 Å². The molecule has 0 unspecified atom stereocenters. The molecule has 5 heteroatoms. The van der Waals surface area contributed by atoms with E-state index in [1.54, 1.807) is 16.8 Å². The molecule has 0 spiro atoms. The Morgan fingerprint density at radius 3 is 2.66 bits per heavy atom. The minimum atomic E-state index is -0.959. The molecule has 2 heterocycles. The quantitative estimate of drug-likeness (QED) is 0.458. The highest BCUT2D eigenvalue weighted by Gasteiger charge is 2.18. The van der Waals surface area contributed by atoms with Gasteiger partial charge in [0.2, 0.25) is 0 Å². The molecule has 0 amide bonds. The predicted octanol–water partition coefficient (Wildman–Crippen LogP) is 4.93. The van der Waals surface area contributed by atoms with Crippen molar-refractivity contribution in [1.29, 1.82) is 0 Å². The number of fused-ring (bicyclic) bond motifs is 1. The SMILES string of the molecule is Cc1cccc(-c2nccc3c2cc(C(=O)O)n3CCOCc2ccccc2)c1. The lowest BCUT2D eigenvalue weighted by Gasteiger charge is -2.10. The molecule has 1 N–H and O–H groups in total. The van der Waals surface area contributed by atoms with Gasteiger partial charge in [0.1, 0.15) is 5.69 Å². The summed E-state index contributed by atoms with van der Waals surface area (Å²) in [5.74, 6) is -0.959. The maximum atomic E-state index is 11.9. The van der Waals surface area contributed by atoms with Gasteiger partial charge in [-0.2, -0.15) is 0 Å². The molecule has 0 aliphatic carbocycles. The smallest absolute Gasteiger partial charge is 0.352 e. The molecular formula is C24H22N2O3. The van der Waals surface area contributed by atoms with Crippen molar-refractivity contribution in [3.63, 3.8) is 0 Å². The second-order valence-electron chi connectivity index (χ2n) is 6.99. The van der Waals surface area contributed by atoms with Crippen LogP contribution in [0.25, 0.3) is 22.2 Å². The Morgan fingerprint density at radius 1 is 1.07 bits per heavy atom. The Bertz CT molecular complexity index is 1150. The van der Waals surface area contributed by atoms with Gasteiger partial charge in [0.15, 0.2) is 0 Å². The molecule has 29 heavy (non-hydrogen) atoms. The lowest BCUT2D eigenvalue weighted by Crippen LogP contribution is -2.12. The zero-order valence-corrected chi connectivity index (χ0v) is 16.2. The fourth-order valence-electron chi connectivity index (χ4n) is 3.55. The third-order valence-electron chi connectivity index (χ3n) is 4.91. The van der Waals surface area contributed by atoms with Crippen LogP contribution < -0.4 is 0 Å². The largest absolute Gasteiger partial charge is 0.477 e. The van der Waals surface area contributed by atoms with Crippen molar-refractivity contribution in [3.05, 3.63) is 89.7 Å². The van der Waals surface area contributed by atoms with Crippen LogP contribution in [0.1, 0.15) is 21.6 Å². The van der Waals surface area contributed by atoms with Crippen LogP contribution >= 0.6 is 0 Å². The number of hydrogen-bond acceptors (Lipinski definition) is 3. The van der Waals surface area contributed by atoms with Gasteiger partial charge in [-0.3, -0.25) is 4.98 Å². The molecule has 0 fully saturated rings. The fourth-order valence-corrected chi connectivity index (χ4v) is 3.55. The minimum absolute atomic E-state index is 0.241. The van der Waals surface area contributed by atoms with Crippen molar-refractivity contribution in [3.8, 4) is 11.3 Å². The van der Waals surface area contributed by atoms with Gasteiger partial charge in [-0.15, -0.1) is 0 Å². The number of aryl methyl sites for hydroxylation is 1. The molecule has 0 atom stereocenters. The van der Waals surface area contributed by atoms with Gasteiger partial charge in [0, 0.05) is 23.7 Å². The second kappa shape index (κ2) is 8.29. The highest BCUT2D eigenvalue weighted by molar-refractivity contribution is 6.00. The molecule has 5 nitrogen and oxygen atoms in total. The second-order valence-corrected chi connectivity index (χ2v) is 6.99. The topological polar surface area (TPSA) is 64.3 Å². The number of carboxylic acids is 1. The van der Waals surface area contributed by atoms with Gasteiger partial charge in [-0.05, 0) is 30.7 Å². The maximum Gasteiger partial charge on any atom is 0.352 e. The van der Waals surface area contributed by atoms with Crippen molar-refractivity contribution in [1.82, 2.24) is 9.55 Å². The highest BCUT2D eigenvalue weighted by atomic mass is 16.5. The van der Waals surface area contributed by atoms with E-state index in [1.165, 1.54) is 0 Å². The Balaban J connectivity index is 1.63. The number of pyridine rings is 1. The zero-order chi connectivity index (χ0) is 20.2. The van der Waals surface area contributed by atoms with Gasteiger partial charge < -0.3 is 14.4 Å². The van der Waals surface area contributed by atoms with Crippen LogP contribution in [0.15, 0.2) is 72.9 Å². The van der Waals surface area contributed by atoms with Crippen LogP contribution in [0.5, 0.6) is 0 Å². The first-order chi connectivity index (χ1) is 14.1. The van der Waals surface area contributed by atoms with Crippen LogP contribution in [0.4, 0.5) is 0 Å². The summed E-state index contributed by atoms with van der Waals surface area (Å²) in [6.07, 6.45) is 1.73. The van der Waals surface area contributed by atoms with E-state index in [0.717, 1.165) is 33.3 Å². The average Bonchev–Trinajstić information content (AvgIpc) is 3.11. The first-order valence-corrected chi connectivity index (χ1v) is 9.54. The summed E-state index contributed by atoms with van der Waals surface area (Å²) < 4.78 is 7.57. The maximum absolute atomic E-state index is 11.9. The predicted molar refractivity (Wildman–Crippen MR) is 113 cm³/mol. The molecule has 4 rings (SSSR count). The monoisotopic (exact) mass is 386 g/mol. The summed E-state index contributed by atoms with van der Waals surface area (Å²) in [5, 5.41) is 10.6. The minimum Gasteiger partial charge on any atom is -0.477 e. The fraction of sp³-hybridized carbons (Fsp3) is 0.167. The summed E-state index contributed by atoms with van der Waals surface area (Å²) in [4.78, 5) is 16.4. The van der Waals surface area contributed by atoms with Crippen LogP contribution in [0.2, 0.25) is 0 Å². The molecule has 0 aliphatic heterocycles. The number of ether oxygens (including phenoxy) is 1. The number of hydrogen-bond donors (Lipinski definition) is 1. The average molecular weight is 386 g/mol. The number of carbonyl (C=O) groups is 1. The Labute approximate surface area is 169 Å². The van der Waals surface area contributed by atoms with Crippen molar-refractivity contribution in [2.24, 2.45) is 0 Å². The van der Waals surface area contributed by atoms with Gasteiger partial charge >= 0.3 is 5.97 Å². The van der Waals surface area contributed by atoms with Crippen molar-refractivity contribution < 1.29 is 14.6 Å². The van der Waals surface area contributed by atoms with Crippen LogP contribution in [-0.2, 0) is 17.9 Å². The third kappa shape index (κ3) is 4.05. The number of carboxylic acid groups (broad SMARTS) is 1. The molecule has 0 aliphatic rings. The number of rotatable bonds is 7. The van der Waals surface area contributed by atoms with Gasteiger partial charge in [-0.25, -0.2) is 4.79 Å². The molecule has 0 saturated heterocycles. The Hall–Kier alpha value is -3.44. The molecule has 4 aromatic rings. The van der Waals surface area contributed by atoms with E-state index < -0.39 is 5.97 Å². The van der Waals surface area contributed by atoms with Crippen molar-refractivity contribution in [2.75, 3.05) is 6.61 Å².